The van der Waals surface area contributed by atoms with Crippen molar-refractivity contribution in [2.24, 2.45) is 5.92 Å². The predicted molar refractivity (Wildman–Crippen MR) is 84.2 cm³/mol. The number of sulfone groups is 1. The van der Waals surface area contributed by atoms with Gasteiger partial charge in [0.2, 0.25) is 0 Å². The molecule has 1 aliphatic heterocycles. The van der Waals surface area contributed by atoms with Crippen molar-refractivity contribution in [1.82, 2.24) is 4.90 Å². The first-order valence-corrected chi connectivity index (χ1v) is 9.14. The number of hydrogen-bond donors (Lipinski definition) is 0. The molecule has 1 aromatic carbocycles. The fourth-order valence-corrected chi connectivity index (χ4v) is 4.12. The Bertz CT molecular complexity index is 618. The zero-order valence-electron chi connectivity index (χ0n) is 12.9. The summed E-state index contributed by atoms with van der Waals surface area (Å²) in [6.07, 6.45) is 2.23. The molecular weight excluding hydrogens is 300 g/mol. The average Bonchev–Trinajstić information content (AvgIpc) is 2.54. The number of nitriles is 1. The van der Waals surface area contributed by atoms with Crippen molar-refractivity contribution in [3.8, 4) is 6.07 Å². The zero-order valence-corrected chi connectivity index (χ0v) is 13.7. The van der Waals surface area contributed by atoms with Gasteiger partial charge in [0, 0.05) is 20.2 Å². The van der Waals surface area contributed by atoms with E-state index >= 15 is 0 Å². The van der Waals surface area contributed by atoms with E-state index in [2.05, 4.69) is 4.90 Å². The lowest BCUT2D eigenvalue weighted by Gasteiger charge is -2.32. The number of benzene rings is 1. The van der Waals surface area contributed by atoms with Crippen LogP contribution < -0.4 is 0 Å². The maximum Gasteiger partial charge on any atom is 0.179 e. The first-order chi connectivity index (χ1) is 10.5. The molecule has 1 saturated heterocycles. The number of hydrogen-bond acceptors (Lipinski definition) is 5. The molecule has 22 heavy (non-hydrogen) atoms. The Morgan fingerprint density at radius 1 is 1.36 bits per heavy atom. The smallest absolute Gasteiger partial charge is 0.179 e. The molecule has 6 heteroatoms. The van der Waals surface area contributed by atoms with Crippen LogP contribution in [-0.4, -0.2) is 52.4 Å². The van der Waals surface area contributed by atoms with Crippen LogP contribution in [0, 0.1) is 17.2 Å². The van der Waals surface area contributed by atoms with Gasteiger partial charge in [-0.05, 0) is 49.6 Å². The molecule has 0 aliphatic carbocycles. The van der Waals surface area contributed by atoms with Crippen LogP contribution in [0.15, 0.2) is 29.2 Å². The van der Waals surface area contributed by atoms with Crippen molar-refractivity contribution in [3.05, 3.63) is 29.8 Å². The lowest BCUT2D eigenvalue weighted by atomic mass is 9.99. The van der Waals surface area contributed by atoms with E-state index in [1.54, 1.807) is 19.2 Å². The maximum atomic E-state index is 12.3. The monoisotopic (exact) mass is 322 g/mol. The van der Waals surface area contributed by atoms with Crippen LogP contribution in [-0.2, 0) is 14.6 Å². The average molecular weight is 322 g/mol. The first-order valence-electron chi connectivity index (χ1n) is 7.49. The van der Waals surface area contributed by atoms with Crippen LogP contribution in [0.5, 0.6) is 0 Å². The lowest BCUT2D eigenvalue weighted by Crippen LogP contribution is -2.39. The van der Waals surface area contributed by atoms with Gasteiger partial charge in [-0.2, -0.15) is 5.26 Å². The molecule has 0 amide bonds. The van der Waals surface area contributed by atoms with Gasteiger partial charge in [0.15, 0.2) is 9.84 Å². The third-order valence-electron chi connectivity index (χ3n) is 4.02. The molecule has 1 atom stereocenters. The van der Waals surface area contributed by atoms with Crippen molar-refractivity contribution in [1.29, 1.82) is 5.26 Å². The highest BCUT2D eigenvalue weighted by Gasteiger charge is 2.22. The number of piperidine rings is 1. The number of likely N-dealkylation sites (tertiary alicyclic amines) is 1. The molecule has 5 nitrogen and oxygen atoms in total. The van der Waals surface area contributed by atoms with Crippen LogP contribution in [0.25, 0.3) is 0 Å². The first kappa shape index (κ1) is 16.9. The summed E-state index contributed by atoms with van der Waals surface area (Å²) in [5.74, 6) is 0.606. The van der Waals surface area contributed by atoms with Crippen molar-refractivity contribution in [2.45, 2.75) is 17.7 Å². The summed E-state index contributed by atoms with van der Waals surface area (Å²) in [5.41, 5.74) is 0.470. The van der Waals surface area contributed by atoms with Gasteiger partial charge in [0.25, 0.3) is 0 Å². The van der Waals surface area contributed by atoms with E-state index in [4.69, 9.17) is 10.00 Å². The molecule has 120 valence electrons. The van der Waals surface area contributed by atoms with Gasteiger partial charge >= 0.3 is 0 Å². The van der Waals surface area contributed by atoms with Crippen molar-refractivity contribution < 1.29 is 13.2 Å². The fourth-order valence-electron chi connectivity index (χ4n) is 2.83. The lowest BCUT2D eigenvalue weighted by molar-refractivity contribution is 0.0935. The van der Waals surface area contributed by atoms with Crippen LogP contribution in [0.4, 0.5) is 0 Å². The zero-order chi connectivity index (χ0) is 16.0. The van der Waals surface area contributed by atoms with Crippen LogP contribution >= 0.6 is 0 Å². The highest BCUT2D eigenvalue weighted by molar-refractivity contribution is 7.91. The molecule has 0 spiro atoms. The van der Waals surface area contributed by atoms with E-state index in [-0.39, 0.29) is 10.6 Å². The quantitative estimate of drug-likeness (QED) is 0.797. The van der Waals surface area contributed by atoms with Gasteiger partial charge in [-0.1, -0.05) is 0 Å². The van der Waals surface area contributed by atoms with E-state index in [9.17, 15) is 8.42 Å². The SMILES string of the molecule is COCC1CCCN(CCS(=O)(=O)c2ccc(C#N)cc2)C1. The molecule has 1 unspecified atom stereocenters. The molecular formula is C16H22N2O3S. The maximum absolute atomic E-state index is 12.3. The Hall–Kier alpha value is -1.42. The minimum atomic E-state index is -3.30. The van der Waals surface area contributed by atoms with Crippen molar-refractivity contribution in [3.63, 3.8) is 0 Å². The number of methoxy groups -OCH3 is 1. The molecule has 2 rings (SSSR count). The highest BCUT2D eigenvalue weighted by Crippen LogP contribution is 2.18. The Kier molecular flexibility index (Phi) is 5.95. The van der Waals surface area contributed by atoms with E-state index in [0.717, 1.165) is 32.5 Å². The second kappa shape index (κ2) is 7.73. The minimum absolute atomic E-state index is 0.110. The topological polar surface area (TPSA) is 70.4 Å². The summed E-state index contributed by atoms with van der Waals surface area (Å²) in [5, 5.41) is 8.76. The summed E-state index contributed by atoms with van der Waals surface area (Å²) >= 11 is 0. The Balaban J connectivity index is 1.93. The number of ether oxygens (including phenoxy) is 1. The summed E-state index contributed by atoms with van der Waals surface area (Å²) in [6, 6.07) is 8.10. The molecule has 0 saturated carbocycles. The van der Waals surface area contributed by atoms with Gasteiger partial charge in [-0.25, -0.2) is 8.42 Å². The molecule has 1 aliphatic rings. The van der Waals surface area contributed by atoms with Gasteiger partial charge < -0.3 is 9.64 Å². The van der Waals surface area contributed by atoms with E-state index in [0.29, 0.717) is 18.0 Å². The predicted octanol–water partition coefficient (Wildman–Crippen LogP) is 1.69. The standard InChI is InChI=1S/C16H22N2O3S/c1-21-13-15-3-2-8-18(12-15)9-10-22(19,20)16-6-4-14(11-17)5-7-16/h4-7,15H,2-3,8-10,12-13H2,1H3. The van der Waals surface area contributed by atoms with Crippen molar-refractivity contribution in [2.75, 3.05) is 39.1 Å². The van der Waals surface area contributed by atoms with Crippen molar-refractivity contribution >= 4 is 9.84 Å². The second-order valence-corrected chi connectivity index (χ2v) is 7.83. The summed E-state index contributed by atoms with van der Waals surface area (Å²) in [6.45, 7) is 3.13. The minimum Gasteiger partial charge on any atom is -0.384 e. The summed E-state index contributed by atoms with van der Waals surface area (Å²) in [4.78, 5) is 2.49. The van der Waals surface area contributed by atoms with E-state index in [1.807, 2.05) is 6.07 Å². The molecule has 0 aromatic heterocycles. The second-order valence-electron chi connectivity index (χ2n) is 5.72. The van der Waals surface area contributed by atoms with Gasteiger partial charge in [-0.15, -0.1) is 0 Å². The number of nitrogens with zero attached hydrogens (tertiary/aromatic N) is 2. The van der Waals surface area contributed by atoms with E-state index in [1.165, 1.54) is 12.1 Å². The largest absolute Gasteiger partial charge is 0.384 e. The van der Waals surface area contributed by atoms with Gasteiger partial charge in [0.1, 0.15) is 0 Å². The summed E-state index contributed by atoms with van der Waals surface area (Å²) in [7, 11) is -1.59. The fraction of sp³-hybridized carbons (Fsp3) is 0.562. The van der Waals surface area contributed by atoms with Gasteiger partial charge in [-0.3, -0.25) is 0 Å². The van der Waals surface area contributed by atoms with Gasteiger partial charge in [0.05, 0.1) is 28.9 Å². The van der Waals surface area contributed by atoms with Crippen LogP contribution in [0.3, 0.4) is 0 Å². The third-order valence-corrected chi connectivity index (χ3v) is 5.73. The Morgan fingerprint density at radius 3 is 2.73 bits per heavy atom. The Morgan fingerprint density at radius 2 is 2.09 bits per heavy atom. The molecule has 0 bridgehead atoms. The summed E-state index contributed by atoms with van der Waals surface area (Å²) < 4.78 is 29.9. The molecule has 1 aromatic rings. The Labute approximate surface area is 132 Å². The third kappa shape index (κ3) is 4.54. The normalized spacial score (nSPS) is 19.7. The molecule has 0 N–H and O–H groups in total. The molecule has 1 heterocycles. The van der Waals surface area contributed by atoms with Crippen LogP contribution in [0.2, 0.25) is 0 Å². The number of rotatable bonds is 6. The van der Waals surface area contributed by atoms with Crippen LogP contribution in [0.1, 0.15) is 18.4 Å². The molecule has 0 radical (unpaired) electrons. The highest BCUT2D eigenvalue weighted by atomic mass is 32.2. The van der Waals surface area contributed by atoms with E-state index < -0.39 is 9.84 Å². The molecule has 1 fully saturated rings.